The Morgan fingerprint density at radius 3 is 2.89 bits per heavy atom. The van der Waals surface area contributed by atoms with Crippen molar-refractivity contribution >= 4 is 0 Å². The van der Waals surface area contributed by atoms with Gasteiger partial charge in [0, 0.05) is 12.3 Å². The van der Waals surface area contributed by atoms with E-state index in [9.17, 15) is 24.2 Å². The first kappa shape index (κ1) is 10.4. The second-order valence-electron chi connectivity index (χ2n) is 4.15. The van der Waals surface area contributed by atoms with Gasteiger partial charge in [-0.15, -0.1) is 0 Å². The summed E-state index contributed by atoms with van der Waals surface area (Å²) in [7, 11) is 0. The molecule has 7 nitrogen and oxygen atoms in total. The fourth-order valence-electron chi connectivity index (χ4n) is 1.84. The minimum Gasteiger partial charge on any atom is -0.394 e. The van der Waals surface area contributed by atoms with Crippen LogP contribution in [0.4, 0.5) is 4.39 Å². The maximum atomic E-state index is 14.5. The van der Waals surface area contributed by atoms with Crippen molar-refractivity contribution in [2.75, 3.05) is 6.56 Å². The number of aliphatic hydroxyl groups is 2. The molecule has 2 rings (SSSR count). The molecule has 0 radical (unpaired) electrons. The Morgan fingerprint density at radius 1 is 1.72 bits per heavy atom. The number of aromatic amines is 1. The topological polar surface area (TPSA) is 105 Å². The number of rotatable bonds is 2. The Balaban J connectivity index is 2.47. The van der Waals surface area contributed by atoms with Gasteiger partial charge in [-0.2, -0.15) is 0 Å². The summed E-state index contributed by atoms with van der Waals surface area (Å²) in [5.74, 6) is 0. The highest BCUT2D eigenvalue weighted by atomic mass is 19.1. The van der Waals surface area contributed by atoms with Crippen LogP contribution in [0.2, 0.25) is 0 Å². The van der Waals surface area contributed by atoms with Crippen molar-refractivity contribution < 1.29 is 22.1 Å². The summed E-state index contributed by atoms with van der Waals surface area (Å²) in [6.45, 7) is -2.08. The van der Waals surface area contributed by atoms with Crippen molar-refractivity contribution in [1.82, 2.24) is 9.55 Å². The zero-order valence-corrected chi connectivity index (χ0v) is 9.33. The van der Waals surface area contributed by atoms with E-state index in [1.165, 1.54) is 0 Å². The zero-order chi connectivity index (χ0) is 15.3. The normalized spacial score (nSPS) is 38.3. The van der Waals surface area contributed by atoms with Crippen LogP contribution in [0.25, 0.3) is 0 Å². The second kappa shape index (κ2) is 4.30. The zero-order valence-electron chi connectivity index (χ0n) is 11.3. The van der Waals surface area contributed by atoms with Crippen molar-refractivity contribution in [1.29, 1.82) is 0 Å². The van der Waals surface area contributed by atoms with Gasteiger partial charge in [0.1, 0.15) is 12.2 Å². The quantitative estimate of drug-likeness (QED) is 0.602. The van der Waals surface area contributed by atoms with Gasteiger partial charge in [-0.3, -0.25) is 14.3 Å². The molecule has 0 saturated carbocycles. The number of hydrogen-bond acceptors (Lipinski definition) is 5. The number of hydrogen-bond donors (Lipinski definition) is 3. The van der Waals surface area contributed by atoms with Crippen LogP contribution in [0.15, 0.2) is 21.9 Å². The molecule has 100 valence electrons. The number of nitrogens with one attached hydrogen (secondary N) is 1. The van der Waals surface area contributed by atoms with Gasteiger partial charge in [-0.1, -0.05) is 0 Å². The van der Waals surface area contributed by atoms with Crippen LogP contribution < -0.4 is 11.2 Å². The number of ether oxygens (including phenoxy) is 1. The van der Waals surface area contributed by atoms with E-state index in [4.69, 9.17) is 7.48 Å². The van der Waals surface area contributed by atoms with Gasteiger partial charge in [0.25, 0.3) is 5.56 Å². The molecule has 0 unspecified atom stereocenters. The average molecular weight is 262 g/mol. The first-order valence-electron chi connectivity index (χ1n) is 6.11. The Labute approximate surface area is 103 Å². The first-order chi connectivity index (χ1) is 9.05. The van der Waals surface area contributed by atoms with Gasteiger partial charge >= 0.3 is 5.69 Å². The summed E-state index contributed by atoms with van der Waals surface area (Å²) in [5, 5.41) is 19.0. The third-order valence-corrected chi connectivity index (χ3v) is 2.85. The first-order valence-corrected chi connectivity index (χ1v) is 5.11. The van der Waals surface area contributed by atoms with E-state index in [0.717, 1.165) is 19.2 Å². The number of H-pyrrole nitrogens is 1. The van der Waals surface area contributed by atoms with Gasteiger partial charge in [-0.25, -0.2) is 9.18 Å². The standard InChI is InChI=1S/C10H13FN2O5/c1-10(11)7(16)5(4-14)18-8(10)13-3-2-6(15)12-9(13)17/h2-3,5,7-8,14,16H,4H2,1H3,(H,12,15,17)/t5-,7-,8-,10-/m1/s1/i4D2. The Kier molecular flexibility index (Phi) is 2.49. The number of nitrogens with zero attached hydrogens (tertiary/aromatic N) is 1. The number of halogens is 1. The minimum atomic E-state index is -2.99. The van der Waals surface area contributed by atoms with E-state index in [1.807, 2.05) is 4.98 Å². The average Bonchev–Trinajstić information content (AvgIpc) is 2.51. The van der Waals surface area contributed by atoms with E-state index in [2.05, 4.69) is 0 Å². The van der Waals surface area contributed by atoms with Crippen molar-refractivity contribution in [3.05, 3.63) is 33.1 Å². The molecular formula is C10H13FN2O5. The number of alkyl halides is 1. The fourth-order valence-corrected chi connectivity index (χ4v) is 1.84. The maximum Gasteiger partial charge on any atom is 0.330 e. The summed E-state index contributed by atoms with van der Waals surface area (Å²) in [5.41, 5.74) is -4.21. The molecule has 8 heteroatoms. The lowest BCUT2D eigenvalue weighted by Gasteiger charge is -2.24. The van der Waals surface area contributed by atoms with Crippen LogP contribution in [0, 0.1) is 0 Å². The summed E-state index contributed by atoms with van der Waals surface area (Å²) < 4.78 is 34.3. The predicted octanol–water partition coefficient (Wildman–Crippen LogP) is -1.48. The van der Waals surface area contributed by atoms with Gasteiger partial charge in [-0.05, 0) is 6.92 Å². The number of aliphatic hydroxyl groups excluding tert-OH is 1. The highest BCUT2D eigenvalue weighted by Crippen LogP contribution is 2.40. The highest BCUT2D eigenvalue weighted by Gasteiger charge is 2.54. The molecule has 1 aliphatic heterocycles. The summed E-state index contributed by atoms with van der Waals surface area (Å²) in [4.78, 5) is 24.4. The lowest BCUT2D eigenvalue weighted by atomic mass is 9.98. The molecule has 1 aromatic heterocycles. The molecule has 2 heterocycles. The molecular weight excluding hydrogens is 247 g/mol. The van der Waals surface area contributed by atoms with E-state index in [1.54, 1.807) is 0 Å². The Bertz CT molecular complexity index is 623. The molecule has 0 bridgehead atoms. The predicted molar refractivity (Wildman–Crippen MR) is 57.8 cm³/mol. The van der Waals surface area contributed by atoms with Gasteiger partial charge in [0.05, 0.1) is 9.30 Å². The fraction of sp³-hybridized carbons (Fsp3) is 0.600. The largest absolute Gasteiger partial charge is 0.394 e. The SMILES string of the molecule is [2H]C([2H])(O)[C@H]1O[C@@H](n2ccc(=O)[nH]c2=O)[C@](C)(F)[C@@H]1O. The third kappa shape index (κ3) is 1.88. The third-order valence-electron chi connectivity index (χ3n) is 2.85. The summed E-state index contributed by atoms with van der Waals surface area (Å²) >= 11 is 0. The minimum absolute atomic E-state index is 0.677. The molecule has 4 atom stereocenters. The van der Waals surface area contributed by atoms with E-state index >= 15 is 0 Å². The van der Waals surface area contributed by atoms with Crippen LogP contribution in [0.1, 0.15) is 15.9 Å². The molecule has 1 aromatic rings. The van der Waals surface area contributed by atoms with Crippen LogP contribution in [0.5, 0.6) is 0 Å². The van der Waals surface area contributed by atoms with Crippen molar-refractivity contribution in [2.45, 2.75) is 31.0 Å². The van der Waals surface area contributed by atoms with Gasteiger partial charge in [0.2, 0.25) is 0 Å². The molecule has 0 aliphatic carbocycles. The summed E-state index contributed by atoms with van der Waals surface area (Å²) in [6, 6.07) is 0.953. The second-order valence-corrected chi connectivity index (χ2v) is 4.15. The van der Waals surface area contributed by atoms with E-state index in [0.29, 0.717) is 4.57 Å². The lowest BCUT2D eigenvalue weighted by Crippen LogP contribution is -2.43. The molecule has 1 fully saturated rings. The molecule has 1 saturated heterocycles. The van der Waals surface area contributed by atoms with Crippen molar-refractivity contribution in [3.63, 3.8) is 0 Å². The van der Waals surface area contributed by atoms with Crippen molar-refractivity contribution in [3.8, 4) is 0 Å². The van der Waals surface area contributed by atoms with Gasteiger partial charge < -0.3 is 14.9 Å². The Hall–Kier alpha value is -1.51. The van der Waals surface area contributed by atoms with Crippen LogP contribution in [-0.4, -0.2) is 44.2 Å². The number of aromatic nitrogens is 2. The van der Waals surface area contributed by atoms with E-state index in [-0.39, 0.29) is 0 Å². The summed E-state index contributed by atoms with van der Waals surface area (Å²) in [6.07, 6.45) is -4.59. The smallest absolute Gasteiger partial charge is 0.330 e. The Morgan fingerprint density at radius 2 is 2.39 bits per heavy atom. The molecule has 0 aromatic carbocycles. The molecule has 18 heavy (non-hydrogen) atoms. The monoisotopic (exact) mass is 262 g/mol. The molecule has 0 amide bonds. The molecule has 1 aliphatic rings. The highest BCUT2D eigenvalue weighted by molar-refractivity contribution is 5.01. The molecule has 0 spiro atoms. The maximum absolute atomic E-state index is 14.5. The van der Waals surface area contributed by atoms with Crippen molar-refractivity contribution in [2.24, 2.45) is 0 Å². The van der Waals surface area contributed by atoms with E-state index < -0.39 is 41.9 Å². The lowest BCUT2D eigenvalue weighted by molar-refractivity contribution is -0.0611. The van der Waals surface area contributed by atoms with Gasteiger partial charge in [0.15, 0.2) is 11.9 Å². The van der Waals surface area contributed by atoms with Crippen LogP contribution in [0.3, 0.4) is 0 Å². The molecule has 3 N–H and O–H groups in total. The van der Waals surface area contributed by atoms with Crippen LogP contribution >= 0.6 is 0 Å². The van der Waals surface area contributed by atoms with Crippen LogP contribution in [-0.2, 0) is 4.74 Å².